The van der Waals surface area contributed by atoms with Crippen LogP contribution in [0.15, 0.2) is 64.1 Å². The fourth-order valence-electron chi connectivity index (χ4n) is 2.27. The number of ether oxygens (including phenoxy) is 1. The number of cyclic esters (lactones) is 1. The SMILES string of the molecule is CN(C)S(=O)(=O)c1cccc(C2=N/C(=C\c3ccccc3F)C(=O)O2)c1. The molecule has 6 nitrogen and oxygen atoms in total. The molecule has 0 spiro atoms. The van der Waals surface area contributed by atoms with Crippen molar-refractivity contribution in [1.29, 1.82) is 0 Å². The van der Waals surface area contributed by atoms with Gasteiger partial charge < -0.3 is 4.74 Å². The Morgan fingerprint density at radius 3 is 2.54 bits per heavy atom. The Labute approximate surface area is 150 Å². The molecule has 0 N–H and O–H groups in total. The molecule has 0 saturated heterocycles. The van der Waals surface area contributed by atoms with Gasteiger partial charge in [-0.2, -0.15) is 0 Å². The van der Waals surface area contributed by atoms with Crippen LogP contribution in [0.2, 0.25) is 0 Å². The summed E-state index contributed by atoms with van der Waals surface area (Å²) in [6, 6.07) is 11.9. The average Bonchev–Trinajstić information content (AvgIpc) is 2.98. The smallest absolute Gasteiger partial charge is 0.363 e. The zero-order valence-electron chi connectivity index (χ0n) is 14.0. The number of aliphatic imine (C=N–C) groups is 1. The first-order chi connectivity index (χ1) is 12.3. The number of rotatable bonds is 4. The van der Waals surface area contributed by atoms with Crippen molar-refractivity contribution >= 4 is 28.0 Å². The Bertz CT molecular complexity index is 1040. The van der Waals surface area contributed by atoms with Gasteiger partial charge in [-0.05, 0) is 30.3 Å². The van der Waals surface area contributed by atoms with Gasteiger partial charge in [0.15, 0.2) is 5.70 Å². The molecule has 0 fully saturated rings. The van der Waals surface area contributed by atoms with Gasteiger partial charge in [-0.3, -0.25) is 0 Å². The number of halogens is 1. The van der Waals surface area contributed by atoms with E-state index in [0.717, 1.165) is 4.31 Å². The predicted molar refractivity (Wildman–Crippen MR) is 94.3 cm³/mol. The average molecular weight is 374 g/mol. The van der Waals surface area contributed by atoms with Crippen molar-refractivity contribution < 1.29 is 22.3 Å². The van der Waals surface area contributed by atoms with E-state index in [0.29, 0.717) is 5.56 Å². The van der Waals surface area contributed by atoms with Crippen LogP contribution < -0.4 is 0 Å². The van der Waals surface area contributed by atoms with Crippen molar-refractivity contribution in [2.75, 3.05) is 14.1 Å². The molecule has 1 aliphatic heterocycles. The van der Waals surface area contributed by atoms with E-state index in [1.54, 1.807) is 12.1 Å². The number of nitrogens with zero attached hydrogens (tertiary/aromatic N) is 2. The second kappa shape index (κ2) is 6.81. The van der Waals surface area contributed by atoms with Gasteiger partial charge in [0.1, 0.15) is 5.82 Å². The highest BCUT2D eigenvalue weighted by Crippen LogP contribution is 2.22. The van der Waals surface area contributed by atoms with Crippen LogP contribution in [0.4, 0.5) is 4.39 Å². The molecule has 0 saturated carbocycles. The van der Waals surface area contributed by atoms with Crippen LogP contribution in [0.1, 0.15) is 11.1 Å². The number of hydrogen-bond acceptors (Lipinski definition) is 5. The quantitative estimate of drug-likeness (QED) is 0.608. The highest BCUT2D eigenvalue weighted by atomic mass is 32.2. The fraction of sp³-hybridized carbons (Fsp3) is 0.111. The van der Waals surface area contributed by atoms with Crippen LogP contribution in [0.5, 0.6) is 0 Å². The lowest BCUT2D eigenvalue weighted by Crippen LogP contribution is -2.22. The van der Waals surface area contributed by atoms with Crippen LogP contribution in [0, 0.1) is 5.82 Å². The van der Waals surface area contributed by atoms with Gasteiger partial charge in [0.05, 0.1) is 4.90 Å². The number of hydrogen-bond donors (Lipinski definition) is 0. The summed E-state index contributed by atoms with van der Waals surface area (Å²) in [5.41, 5.74) is 0.470. The molecule has 26 heavy (non-hydrogen) atoms. The molecule has 0 aliphatic carbocycles. The number of carbonyl (C=O) groups excluding carboxylic acids is 1. The van der Waals surface area contributed by atoms with Crippen LogP contribution in [-0.2, 0) is 19.6 Å². The van der Waals surface area contributed by atoms with E-state index in [1.807, 2.05) is 0 Å². The van der Waals surface area contributed by atoms with Crippen molar-refractivity contribution in [3.63, 3.8) is 0 Å². The second-order valence-electron chi connectivity index (χ2n) is 5.67. The standard InChI is InChI=1S/C18H15FN2O4S/c1-21(2)26(23,24)14-8-5-7-13(10-14)17-20-16(18(22)25-17)11-12-6-3-4-9-15(12)19/h3-11H,1-2H3/b16-11-. The number of esters is 1. The largest absolute Gasteiger partial charge is 0.402 e. The minimum Gasteiger partial charge on any atom is -0.402 e. The minimum atomic E-state index is -3.64. The van der Waals surface area contributed by atoms with Crippen LogP contribution in [-0.4, -0.2) is 38.7 Å². The van der Waals surface area contributed by atoms with Gasteiger partial charge >= 0.3 is 5.97 Å². The van der Waals surface area contributed by atoms with Gasteiger partial charge in [-0.1, -0.05) is 24.3 Å². The Kier molecular flexibility index (Phi) is 4.71. The van der Waals surface area contributed by atoms with Gasteiger partial charge in [-0.25, -0.2) is 26.9 Å². The Hall–Kier alpha value is -2.84. The lowest BCUT2D eigenvalue weighted by molar-refractivity contribution is -0.129. The highest BCUT2D eigenvalue weighted by molar-refractivity contribution is 7.89. The summed E-state index contributed by atoms with van der Waals surface area (Å²) in [5.74, 6) is -1.26. The van der Waals surface area contributed by atoms with Crippen LogP contribution in [0.3, 0.4) is 0 Å². The number of benzene rings is 2. The maximum absolute atomic E-state index is 13.7. The van der Waals surface area contributed by atoms with Crippen molar-refractivity contribution in [2.45, 2.75) is 4.90 Å². The van der Waals surface area contributed by atoms with Gasteiger partial charge in [0.2, 0.25) is 15.9 Å². The summed E-state index contributed by atoms with van der Waals surface area (Å²) in [6.07, 6.45) is 1.28. The van der Waals surface area contributed by atoms with Crippen LogP contribution >= 0.6 is 0 Å². The third-order valence-corrected chi connectivity index (χ3v) is 5.49. The number of sulfonamides is 1. The lowest BCUT2D eigenvalue weighted by atomic mass is 10.2. The molecule has 1 heterocycles. The highest BCUT2D eigenvalue weighted by Gasteiger charge is 2.26. The third kappa shape index (κ3) is 3.42. The molecule has 1 aliphatic rings. The summed E-state index contributed by atoms with van der Waals surface area (Å²) in [4.78, 5) is 16.1. The topological polar surface area (TPSA) is 76.0 Å². The molecule has 0 amide bonds. The van der Waals surface area contributed by atoms with Crippen molar-refractivity contribution in [1.82, 2.24) is 4.31 Å². The molecular formula is C18H15FN2O4S. The fourth-order valence-corrected chi connectivity index (χ4v) is 3.22. The molecule has 0 bridgehead atoms. The summed E-state index contributed by atoms with van der Waals surface area (Å²) >= 11 is 0. The van der Waals surface area contributed by atoms with Crippen LogP contribution in [0.25, 0.3) is 6.08 Å². The molecule has 2 aromatic rings. The zero-order valence-corrected chi connectivity index (χ0v) is 14.8. The van der Waals surface area contributed by atoms with Crippen molar-refractivity contribution in [3.05, 3.63) is 71.2 Å². The summed E-state index contributed by atoms with van der Waals surface area (Å²) < 4.78 is 44.4. The Morgan fingerprint density at radius 2 is 1.85 bits per heavy atom. The summed E-state index contributed by atoms with van der Waals surface area (Å²) in [7, 11) is -0.795. The van der Waals surface area contributed by atoms with E-state index < -0.39 is 21.8 Å². The molecule has 8 heteroatoms. The van der Waals surface area contributed by atoms with E-state index in [-0.39, 0.29) is 22.1 Å². The van der Waals surface area contributed by atoms with E-state index in [1.165, 1.54) is 56.6 Å². The molecule has 3 rings (SSSR count). The monoisotopic (exact) mass is 374 g/mol. The normalized spacial score (nSPS) is 16.1. The molecule has 0 atom stereocenters. The van der Waals surface area contributed by atoms with Crippen molar-refractivity contribution in [2.24, 2.45) is 4.99 Å². The summed E-state index contributed by atoms with van der Waals surface area (Å²) in [6.45, 7) is 0. The van der Waals surface area contributed by atoms with Crippen molar-refractivity contribution in [3.8, 4) is 0 Å². The first-order valence-electron chi connectivity index (χ1n) is 7.59. The molecular weight excluding hydrogens is 359 g/mol. The van der Waals surface area contributed by atoms with Gasteiger partial charge in [-0.15, -0.1) is 0 Å². The molecule has 0 aromatic heterocycles. The molecule has 0 unspecified atom stereocenters. The zero-order chi connectivity index (χ0) is 18.9. The molecule has 0 radical (unpaired) electrons. The minimum absolute atomic E-state index is 0.0339. The lowest BCUT2D eigenvalue weighted by Gasteiger charge is -2.11. The second-order valence-corrected chi connectivity index (χ2v) is 7.82. The first-order valence-corrected chi connectivity index (χ1v) is 9.03. The van der Waals surface area contributed by atoms with E-state index in [2.05, 4.69) is 4.99 Å². The third-order valence-electron chi connectivity index (χ3n) is 3.68. The Morgan fingerprint density at radius 1 is 1.12 bits per heavy atom. The van der Waals surface area contributed by atoms with E-state index in [9.17, 15) is 17.6 Å². The van der Waals surface area contributed by atoms with E-state index >= 15 is 0 Å². The van der Waals surface area contributed by atoms with Gasteiger partial charge in [0, 0.05) is 25.2 Å². The number of carbonyl (C=O) groups is 1. The maximum atomic E-state index is 13.7. The molecule has 2 aromatic carbocycles. The van der Waals surface area contributed by atoms with Gasteiger partial charge in [0.25, 0.3) is 0 Å². The maximum Gasteiger partial charge on any atom is 0.363 e. The predicted octanol–water partition coefficient (Wildman–Crippen LogP) is 2.42. The molecule has 134 valence electrons. The Balaban J connectivity index is 1.99. The first kappa shape index (κ1) is 18.0. The summed E-state index contributed by atoms with van der Waals surface area (Å²) in [5, 5.41) is 0. The van der Waals surface area contributed by atoms with E-state index in [4.69, 9.17) is 4.74 Å².